The van der Waals surface area contributed by atoms with Crippen molar-refractivity contribution >= 4 is 17.6 Å². The number of hydrogen-bond acceptors (Lipinski definition) is 2. The number of nitrogens with zero attached hydrogens (tertiary/aromatic N) is 2. The van der Waals surface area contributed by atoms with Gasteiger partial charge in [0.05, 0.1) is 5.71 Å². The fourth-order valence-electron chi connectivity index (χ4n) is 0.622. The normalized spacial score (nSPS) is 16.3. The lowest BCUT2D eigenvalue weighted by molar-refractivity contribution is 0.250. The maximum atomic E-state index is 10.6. The summed E-state index contributed by atoms with van der Waals surface area (Å²) in [6.45, 7) is 3.96. The first-order valence-corrected chi connectivity index (χ1v) is 3.37. The lowest BCUT2D eigenvalue weighted by Gasteiger charge is -2.00. The van der Waals surface area contributed by atoms with Gasteiger partial charge >= 0.3 is 6.03 Å². The van der Waals surface area contributed by atoms with Gasteiger partial charge < -0.3 is 0 Å². The van der Waals surface area contributed by atoms with Gasteiger partial charge in [0.2, 0.25) is 0 Å². The average molecular weight is 151 g/mol. The maximum Gasteiger partial charge on any atom is 0.369 e. The average Bonchev–Trinajstić information content (AvgIpc) is 2.13. The molecule has 58 valence electrons. The summed E-state index contributed by atoms with van der Waals surface area (Å²) >= 11 is 0. The Balaban J connectivity index is 2.86. The third kappa shape index (κ3) is 2.02. The second kappa shape index (κ2) is 3.12. The molecular weight excluding hydrogens is 142 g/mol. The van der Waals surface area contributed by atoms with Crippen molar-refractivity contribution in [2.75, 3.05) is 0 Å². The van der Waals surface area contributed by atoms with Gasteiger partial charge in [0, 0.05) is 6.08 Å². The molecule has 0 aromatic heterocycles. The molecule has 1 aliphatic heterocycles. The molecule has 1 N–H and O–H groups in total. The standard InChI is InChI=1S/C7H9N3O/c1-5(2)6-3-4-8-7(11)10-9-6/h3,5H,1-2H3,(H,10,11). The summed E-state index contributed by atoms with van der Waals surface area (Å²) in [7, 11) is 0. The smallest absolute Gasteiger partial charge is 0.244 e. The highest BCUT2D eigenvalue weighted by atomic mass is 16.2. The van der Waals surface area contributed by atoms with E-state index < -0.39 is 6.03 Å². The second-order valence-electron chi connectivity index (χ2n) is 2.49. The van der Waals surface area contributed by atoms with Crippen LogP contribution in [0.25, 0.3) is 0 Å². The molecule has 1 heterocycles. The van der Waals surface area contributed by atoms with Crippen molar-refractivity contribution in [1.82, 2.24) is 5.43 Å². The van der Waals surface area contributed by atoms with Crippen LogP contribution in [-0.2, 0) is 0 Å². The minimum Gasteiger partial charge on any atom is -0.244 e. The third-order valence-corrected chi connectivity index (χ3v) is 1.25. The van der Waals surface area contributed by atoms with Crippen LogP contribution >= 0.6 is 0 Å². The molecule has 2 amide bonds. The van der Waals surface area contributed by atoms with E-state index in [0.717, 1.165) is 5.71 Å². The van der Waals surface area contributed by atoms with Crippen LogP contribution < -0.4 is 5.43 Å². The Morgan fingerprint density at radius 1 is 1.64 bits per heavy atom. The number of carbonyl (C=O) groups is 1. The highest BCUT2D eigenvalue weighted by Crippen LogP contribution is 1.97. The van der Waals surface area contributed by atoms with Gasteiger partial charge in [-0.1, -0.05) is 13.8 Å². The van der Waals surface area contributed by atoms with E-state index in [9.17, 15) is 4.79 Å². The molecule has 0 saturated heterocycles. The van der Waals surface area contributed by atoms with Crippen molar-refractivity contribution in [3.63, 3.8) is 0 Å². The van der Waals surface area contributed by atoms with Crippen LogP contribution in [0.15, 0.2) is 16.2 Å². The van der Waals surface area contributed by atoms with E-state index in [1.165, 1.54) is 0 Å². The van der Waals surface area contributed by atoms with E-state index in [4.69, 9.17) is 0 Å². The number of hydrazone groups is 1. The molecule has 0 atom stereocenters. The van der Waals surface area contributed by atoms with E-state index in [1.54, 1.807) is 6.08 Å². The van der Waals surface area contributed by atoms with E-state index in [0.29, 0.717) is 0 Å². The predicted octanol–water partition coefficient (Wildman–Crippen LogP) is 0.948. The van der Waals surface area contributed by atoms with Crippen molar-refractivity contribution in [1.29, 1.82) is 0 Å². The van der Waals surface area contributed by atoms with Crippen molar-refractivity contribution in [3.05, 3.63) is 6.08 Å². The molecule has 11 heavy (non-hydrogen) atoms. The first kappa shape index (κ1) is 7.69. The highest BCUT2D eigenvalue weighted by molar-refractivity contribution is 6.05. The third-order valence-electron chi connectivity index (χ3n) is 1.25. The molecule has 0 fully saturated rings. The largest absolute Gasteiger partial charge is 0.369 e. The molecule has 0 radical (unpaired) electrons. The number of aliphatic imine (C=N–C) groups is 1. The van der Waals surface area contributed by atoms with Gasteiger partial charge in [0.1, 0.15) is 0 Å². The molecule has 4 heteroatoms. The SMILES string of the molecule is CC(C)C1=NNC(=O)N=C=C1. The Morgan fingerprint density at radius 2 is 2.36 bits per heavy atom. The zero-order chi connectivity index (χ0) is 8.27. The van der Waals surface area contributed by atoms with Crippen LogP contribution in [0.4, 0.5) is 4.79 Å². The van der Waals surface area contributed by atoms with Gasteiger partial charge in [-0.2, -0.15) is 5.10 Å². The molecule has 4 nitrogen and oxygen atoms in total. The Kier molecular flexibility index (Phi) is 2.18. The zero-order valence-corrected chi connectivity index (χ0v) is 6.46. The molecule has 0 unspecified atom stereocenters. The maximum absolute atomic E-state index is 10.6. The van der Waals surface area contributed by atoms with E-state index in [-0.39, 0.29) is 5.92 Å². The summed E-state index contributed by atoms with van der Waals surface area (Å²) in [5, 5.41) is 3.81. The number of hydrogen-bond donors (Lipinski definition) is 1. The van der Waals surface area contributed by atoms with Crippen molar-refractivity contribution in [2.45, 2.75) is 13.8 Å². The fraction of sp³-hybridized carbons (Fsp3) is 0.429. The van der Waals surface area contributed by atoms with Crippen LogP contribution in [-0.4, -0.2) is 17.6 Å². The second-order valence-corrected chi connectivity index (χ2v) is 2.49. The van der Waals surface area contributed by atoms with Gasteiger partial charge in [-0.25, -0.2) is 10.2 Å². The topological polar surface area (TPSA) is 53.8 Å². The molecule has 1 aliphatic rings. The molecular formula is C7H9N3O. The van der Waals surface area contributed by atoms with Crippen molar-refractivity contribution in [3.8, 4) is 0 Å². The summed E-state index contributed by atoms with van der Waals surface area (Å²) in [5.74, 6) is 2.76. The van der Waals surface area contributed by atoms with E-state index in [1.807, 2.05) is 13.8 Å². The lowest BCUT2D eigenvalue weighted by atomic mass is 10.1. The molecule has 0 saturated carbocycles. The highest BCUT2D eigenvalue weighted by Gasteiger charge is 2.04. The summed E-state index contributed by atoms with van der Waals surface area (Å²) in [5.41, 5.74) is 3.04. The quantitative estimate of drug-likeness (QED) is 0.596. The van der Waals surface area contributed by atoms with Crippen LogP contribution in [0, 0.1) is 5.92 Å². The summed E-state index contributed by atoms with van der Waals surface area (Å²) < 4.78 is 0. The minimum atomic E-state index is -0.475. The van der Waals surface area contributed by atoms with Crippen LogP contribution in [0.1, 0.15) is 13.8 Å². The predicted molar refractivity (Wildman–Crippen MR) is 42.8 cm³/mol. The number of rotatable bonds is 1. The molecule has 0 aromatic carbocycles. The summed E-state index contributed by atoms with van der Waals surface area (Å²) in [4.78, 5) is 14.0. The van der Waals surface area contributed by atoms with Crippen LogP contribution in [0.3, 0.4) is 0 Å². The Labute approximate surface area is 64.7 Å². The summed E-state index contributed by atoms with van der Waals surface area (Å²) in [6.07, 6.45) is 1.60. The van der Waals surface area contributed by atoms with Crippen LogP contribution in [0.2, 0.25) is 0 Å². The van der Waals surface area contributed by atoms with Crippen molar-refractivity contribution in [2.24, 2.45) is 16.0 Å². The lowest BCUT2D eigenvalue weighted by Crippen LogP contribution is -2.15. The molecule has 0 aliphatic carbocycles. The number of urea groups is 1. The first-order valence-electron chi connectivity index (χ1n) is 3.37. The van der Waals surface area contributed by atoms with Gasteiger partial charge in [0.15, 0.2) is 0 Å². The number of nitrogens with one attached hydrogen (secondary N) is 1. The van der Waals surface area contributed by atoms with Gasteiger partial charge in [-0.3, -0.25) is 0 Å². The van der Waals surface area contributed by atoms with Gasteiger partial charge in [-0.05, 0) is 11.8 Å². The number of amides is 2. The zero-order valence-electron chi connectivity index (χ0n) is 6.46. The van der Waals surface area contributed by atoms with E-state index >= 15 is 0 Å². The minimum absolute atomic E-state index is 0.274. The number of allylic oxidation sites excluding steroid dienone is 1. The fourth-order valence-corrected chi connectivity index (χ4v) is 0.622. The first-order chi connectivity index (χ1) is 5.20. The van der Waals surface area contributed by atoms with Crippen molar-refractivity contribution < 1.29 is 4.79 Å². The molecule has 0 bridgehead atoms. The molecule has 0 aromatic rings. The monoisotopic (exact) mass is 151 g/mol. The molecule has 0 spiro atoms. The molecule has 1 rings (SSSR count). The Morgan fingerprint density at radius 3 is 3.00 bits per heavy atom. The summed E-state index contributed by atoms with van der Waals surface area (Å²) in [6, 6.07) is -0.475. The Hall–Kier alpha value is -1.41. The van der Waals surface area contributed by atoms with E-state index in [2.05, 4.69) is 21.4 Å². The van der Waals surface area contributed by atoms with Gasteiger partial charge in [-0.15, -0.1) is 4.99 Å². The number of carbonyl (C=O) groups excluding carboxylic acids is 1. The van der Waals surface area contributed by atoms with Gasteiger partial charge in [0.25, 0.3) is 0 Å². The van der Waals surface area contributed by atoms with Crippen LogP contribution in [0.5, 0.6) is 0 Å². The Bertz CT molecular complexity index is 259.